The normalized spacial score (nSPS) is 16.1. The Labute approximate surface area is 168 Å². The van der Waals surface area contributed by atoms with Crippen LogP contribution in [-0.4, -0.2) is 35.8 Å². The van der Waals surface area contributed by atoms with Gasteiger partial charge in [0, 0.05) is 11.6 Å². The fraction of sp³-hybridized carbons (Fsp3) is 0.381. The fourth-order valence-electron chi connectivity index (χ4n) is 2.98. The standard InChI is InChI=1S/C21H24N2O4S/c1-5-13(2)22-18(24)12-23-15-11-14(19(25)17-7-6-10-28-17)8-9-16(15)27-21(3,4)20(23)26/h6-11,13H,5,12H2,1-4H3,(H,22,24)/t13-/m0/s1. The molecule has 1 aliphatic heterocycles. The largest absolute Gasteiger partial charge is 0.476 e. The van der Waals surface area contributed by atoms with Gasteiger partial charge in [-0.05, 0) is 56.8 Å². The molecule has 2 heterocycles. The summed E-state index contributed by atoms with van der Waals surface area (Å²) in [6.07, 6.45) is 0.796. The molecule has 0 aliphatic carbocycles. The van der Waals surface area contributed by atoms with Crippen LogP contribution >= 0.6 is 11.3 Å². The van der Waals surface area contributed by atoms with Crippen molar-refractivity contribution >= 4 is 34.6 Å². The zero-order valence-corrected chi connectivity index (χ0v) is 17.3. The molecule has 2 aromatic rings. The van der Waals surface area contributed by atoms with Gasteiger partial charge in [0.2, 0.25) is 11.7 Å². The van der Waals surface area contributed by atoms with Crippen molar-refractivity contribution in [3.05, 3.63) is 46.2 Å². The highest BCUT2D eigenvalue weighted by Gasteiger charge is 2.42. The summed E-state index contributed by atoms with van der Waals surface area (Å²) in [6, 6.07) is 8.59. The monoisotopic (exact) mass is 400 g/mol. The number of fused-ring (bicyclic) bond motifs is 1. The lowest BCUT2D eigenvalue weighted by Crippen LogP contribution is -2.55. The number of ketones is 1. The fourth-order valence-corrected chi connectivity index (χ4v) is 3.67. The van der Waals surface area contributed by atoms with E-state index < -0.39 is 5.60 Å². The molecule has 0 saturated carbocycles. The lowest BCUT2D eigenvalue weighted by Gasteiger charge is -2.38. The summed E-state index contributed by atoms with van der Waals surface area (Å²) in [4.78, 5) is 40.1. The van der Waals surface area contributed by atoms with Gasteiger partial charge in [0.1, 0.15) is 12.3 Å². The molecule has 0 bridgehead atoms. The van der Waals surface area contributed by atoms with Crippen molar-refractivity contribution in [2.45, 2.75) is 45.8 Å². The molecule has 2 amide bonds. The summed E-state index contributed by atoms with van der Waals surface area (Å²) in [5.74, 6) is -0.218. The first kappa shape index (κ1) is 20.1. The number of rotatable bonds is 6. The van der Waals surface area contributed by atoms with Gasteiger partial charge in [-0.3, -0.25) is 19.3 Å². The quantitative estimate of drug-likeness (QED) is 0.754. The van der Waals surface area contributed by atoms with Crippen molar-refractivity contribution in [2.24, 2.45) is 0 Å². The van der Waals surface area contributed by atoms with Crippen molar-refractivity contribution in [1.29, 1.82) is 0 Å². The molecule has 0 radical (unpaired) electrons. The number of carbonyl (C=O) groups excluding carboxylic acids is 3. The molecule has 1 aliphatic rings. The second kappa shape index (κ2) is 7.75. The number of nitrogens with zero attached hydrogens (tertiary/aromatic N) is 1. The van der Waals surface area contributed by atoms with Gasteiger partial charge in [-0.2, -0.15) is 0 Å². The predicted molar refractivity (Wildman–Crippen MR) is 109 cm³/mol. The minimum absolute atomic E-state index is 0.0165. The highest BCUT2D eigenvalue weighted by molar-refractivity contribution is 7.12. The van der Waals surface area contributed by atoms with Crippen LogP contribution in [0.3, 0.4) is 0 Å². The maximum atomic E-state index is 12.9. The van der Waals surface area contributed by atoms with Crippen LogP contribution < -0.4 is 15.0 Å². The number of hydrogen-bond acceptors (Lipinski definition) is 5. The third-order valence-electron chi connectivity index (χ3n) is 4.70. The van der Waals surface area contributed by atoms with Gasteiger partial charge in [-0.15, -0.1) is 11.3 Å². The Morgan fingerprint density at radius 2 is 2.04 bits per heavy atom. The van der Waals surface area contributed by atoms with Crippen LogP contribution in [0.4, 0.5) is 5.69 Å². The van der Waals surface area contributed by atoms with E-state index >= 15 is 0 Å². The minimum atomic E-state index is -1.09. The van der Waals surface area contributed by atoms with E-state index in [1.165, 1.54) is 16.2 Å². The first-order valence-corrected chi connectivity index (χ1v) is 10.1. The minimum Gasteiger partial charge on any atom is -0.476 e. The van der Waals surface area contributed by atoms with Crippen LogP contribution in [0.15, 0.2) is 35.7 Å². The maximum Gasteiger partial charge on any atom is 0.271 e. The summed E-state index contributed by atoms with van der Waals surface area (Å²) in [7, 11) is 0. The number of nitrogens with one attached hydrogen (secondary N) is 1. The van der Waals surface area contributed by atoms with E-state index in [0.717, 1.165) is 6.42 Å². The molecular formula is C21H24N2O4S. The number of amides is 2. The summed E-state index contributed by atoms with van der Waals surface area (Å²) in [6.45, 7) is 7.10. The molecule has 28 heavy (non-hydrogen) atoms. The van der Waals surface area contributed by atoms with Crippen LogP contribution in [-0.2, 0) is 9.59 Å². The Bertz CT molecular complexity index is 905. The molecule has 0 saturated heterocycles. The van der Waals surface area contributed by atoms with Gasteiger partial charge in [0.15, 0.2) is 5.60 Å². The lowest BCUT2D eigenvalue weighted by molar-refractivity contribution is -0.134. The number of ether oxygens (including phenoxy) is 1. The molecule has 0 spiro atoms. The highest BCUT2D eigenvalue weighted by Crippen LogP contribution is 2.38. The third kappa shape index (κ3) is 3.94. The second-order valence-electron chi connectivity index (χ2n) is 7.37. The van der Waals surface area contributed by atoms with E-state index in [4.69, 9.17) is 4.74 Å². The Morgan fingerprint density at radius 3 is 2.68 bits per heavy atom. The average molecular weight is 401 g/mol. The molecule has 0 unspecified atom stereocenters. The third-order valence-corrected chi connectivity index (χ3v) is 5.57. The van der Waals surface area contributed by atoms with E-state index in [1.807, 2.05) is 25.3 Å². The van der Waals surface area contributed by atoms with Crippen LogP contribution in [0.25, 0.3) is 0 Å². The number of carbonyl (C=O) groups is 3. The predicted octanol–water partition coefficient (Wildman–Crippen LogP) is 3.40. The van der Waals surface area contributed by atoms with Gasteiger partial charge in [0.05, 0.1) is 10.6 Å². The van der Waals surface area contributed by atoms with E-state index in [0.29, 0.717) is 21.9 Å². The summed E-state index contributed by atoms with van der Waals surface area (Å²) >= 11 is 1.36. The van der Waals surface area contributed by atoms with Crippen LogP contribution in [0.1, 0.15) is 49.4 Å². The van der Waals surface area contributed by atoms with Crippen molar-refractivity contribution in [1.82, 2.24) is 5.32 Å². The average Bonchev–Trinajstić information content (AvgIpc) is 3.19. The smallest absolute Gasteiger partial charge is 0.271 e. The summed E-state index contributed by atoms with van der Waals surface area (Å²) < 4.78 is 5.84. The first-order valence-electron chi connectivity index (χ1n) is 9.25. The van der Waals surface area contributed by atoms with Crippen molar-refractivity contribution in [3.8, 4) is 5.75 Å². The van der Waals surface area contributed by atoms with Gasteiger partial charge in [0.25, 0.3) is 5.91 Å². The second-order valence-corrected chi connectivity index (χ2v) is 8.32. The maximum absolute atomic E-state index is 12.9. The topological polar surface area (TPSA) is 75.7 Å². The van der Waals surface area contributed by atoms with Crippen molar-refractivity contribution in [3.63, 3.8) is 0 Å². The number of benzene rings is 1. The molecule has 1 aromatic carbocycles. The molecule has 1 N–H and O–H groups in total. The Kier molecular flexibility index (Phi) is 5.56. The Morgan fingerprint density at radius 1 is 1.29 bits per heavy atom. The van der Waals surface area contributed by atoms with Gasteiger partial charge >= 0.3 is 0 Å². The molecule has 3 rings (SSSR count). The first-order chi connectivity index (χ1) is 13.2. The van der Waals surface area contributed by atoms with Gasteiger partial charge < -0.3 is 10.1 Å². The molecule has 1 atom stereocenters. The zero-order valence-electron chi connectivity index (χ0n) is 16.4. The van der Waals surface area contributed by atoms with E-state index in [1.54, 1.807) is 38.1 Å². The van der Waals surface area contributed by atoms with Crippen molar-refractivity contribution in [2.75, 3.05) is 11.4 Å². The molecule has 0 fully saturated rings. The molecule has 148 valence electrons. The zero-order chi connectivity index (χ0) is 20.5. The van der Waals surface area contributed by atoms with Gasteiger partial charge in [-0.1, -0.05) is 13.0 Å². The molecule has 1 aromatic heterocycles. The van der Waals surface area contributed by atoms with E-state index in [-0.39, 0.29) is 30.2 Å². The van der Waals surface area contributed by atoms with Crippen LogP contribution in [0.2, 0.25) is 0 Å². The Hall–Kier alpha value is -2.67. The SMILES string of the molecule is CC[C@H](C)NC(=O)CN1C(=O)C(C)(C)Oc2ccc(C(=O)c3cccs3)cc21. The lowest BCUT2D eigenvalue weighted by atomic mass is 10.0. The Balaban J connectivity index is 1.96. The van der Waals surface area contributed by atoms with E-state index in [9.17, 15) is 14.4 Å². The highest BCUT2D eigenvalue weighted by atomic mass is 32.1. The van der Waals surface area contributed by atoms with Crippen LogP contribution in [0.5, 0.6) is 5.75 Å². The molecule has 7 heteroatoms. The summed E-state index contributed by atoms with van der Waals surface area (Å²) in [5, 5.41) is 4.72. The summed E-state index contributed by atoms with van der Waals surface area (Å²) in [5.41, 5.74) is -0.209. The van der Waals surface area contributed by atoms with E-state index in [2.05, 4.69) is 5.32 Å². The number of thiophene rings is 1. The molecular weight excluding hydrogens is 376 g/mol. The number of anilines is 1. The van der Waals surface area contributed by atoms with Crippen LogP contribution in [0, 0.1) is 0 Å². The van der Waals surface area contributed by atoms with Crippen molar-refractivity contribution < 1.29 is 19.1 Å². The number of hydrogen-bond donors (Lipinski definition) is 1. The van der Waals surface area contributed by atoms with Gasteiger partial charge in [-0.25, -0.2) is 0 Å². The molecule has 6 nitrogen and oxygen atoms in total.